The highest BCUT2D eigenvalue weighted by Gasteiger charge is 2.24. The molecule has 1 aliphatic carbocycles. The molecule has 0 unspecified atom stereocenters. The molecule has 1 fully saturated rings. The van der Waals surface area contributed by atoms with Crippen LogP contribution in [-0.2, 0) is 16.6 Å². The van der Waals surface area contributed by atoms with E-state index in [1.54, 1.807) is 30.6 Å². The minimum atomic E-state index is -3.58. The fourth-order valence-electron chi connectivity index (χ4n) is 3.75. The predicted octanol–water partition coefficient (Wildman–Crippen LogP) is 2.80. The van der Waals surface area contributed by atoms with E-state index in [1.807, 2.05) is 6.07 Å². The first-order chi connectivity index (χ1) is 14.8. The van der Waals surface area contributed by atoms with Crippen LogP contribution in [-0.4, -0.2) is 51.0 Å². The van der Waals surface area contributed by atoms with Gasteiger partial charge in [0.25, 0.3) is 0 Å². The lowest BCUT2D eigenvalue weighted by molar-refractivity contribution is 0.194. The zero-order valence-electron chi connectivity index (χ0n) is 18.0. The van der Waals surface area contributed by atoms with Crippen LogP contribution in [0, 0.1) is 5.92 Å². The van der Waals surface area contributed by atoms with Gasteiger partial charge in [-0.25, -0.2) is 17.9 Å². The first-order valence-electron chi connectivity index (χ1n) is 10.5. The summed E-state index contributed by atoms with van der Waals surface area (Å²) in [4.78, 5) is 18.5. The van der Waals surface area contributed by atoms with Crippen LogP contribution in [0.4, 0.5) is 10.5 Å². The third kappa shape index (κ3) is 7.02. The van der Waals surface area contributed by atoms with Gasteiger partial charge in [-0.1, -0.05) is 6.07 Å². The summed E-state index contributed by atoms with van der Waals surface area (Å²) in [5, 5.41) is 5.43. The third-order valence-electron chi connectivity index (χ3n) is 5.71. The third-order valence-corrected chi connectivity index (χ3v) is 7.15. The highest BCUT2D eigenvalue weighted by molar-refractivity contribution is 7.89. The lowest BCUT2D eigenvalue weighted by Crippen LogP contribution is -2.36. The lowest BCUT2D eigenvalue weighted by Gasteiger charge is -2.32. The second-order valence-corrected chi connectivity index (χ2v) is 9.95. The number of carbonyl (C=O) groups excluding carboxylic acids is 1. The Morgan fingerprint density at radius 2 is 1.81 bits per heavy atom. The molecule has 3 rings (SSSR count). The van der Waals surface area contributed by atoms with Gasteiger partial charge in [-0.2, -0.15) is 0 Å². The first-order valence-corrected chi connectivity index (χ1v) is 12.0. The molecule has 0 spiro atoms. The quantitative estimate of drug-likeness (QED) is 0.580. The number of hydrogen-bond donors (Lipinski definition) is 3. The Labute approximate surface area is 184 Å². The molecule has 1 saturated carbocycles. The number of aromatic nitrogens is 1. The molecule has 0 saturated heterocycles. The van der Waals surface area contributed by atoms with Gasteiger partial charge >= 0.3 is 6.03 Å². The van der Waals surface area contributed by atoms with Crippen molar-refractivity contribution in [2.45, 2.75) is 43.2 Å². The number of rotatable bonds is 8. The smallest absolute Gasteiger partial charge is 0.319 e. The van der Waals surface area contributed by atoms with Crippen molar-refractivity contribution in [3.8, 4) is 0 Å². The molecule has 31 heavy (non-hydrogen) atoms. The van der Waals surface area contributed by atoms with E-state index in [2.05, 4.69) is 39.3 Å². The fraction of sp³-hybridized carbons (Fsp3) is 0.455. The van der Waals surface area contributed by atoms with Crippen LogP contribution in [0.3, 0.4) is 0 Å². The minimum Gasteiger partial charge on any atom is -0.334 e. The van der Waals surface area contributed by atoms with Gasteiger partial charge in [-0.3, -0.25) is 4.98 Å². The molecular formula is C22H31N5O3S. The summed E-state index contributed by atoms with van der Waals surface area (Å²) in [6.07, 6.45) is 7.61. The Hall–Kier alpha value is -2.49. The molecule has 168 valence electrons. The van der Waals surface area contributed by atoms with Crippen molar-refractivity contribution in [3.05, 3.63) is 54.4 Å². The van der Waals surface area contributed by atoms with Gasteiger partial charge in [0.15, 0.2) is 0 Å². The Bertz CT molecular complexity index is 941. The van der Waals surface area contributed by atoms with Crippen LogP contribution in [0.1, 0.15) is 31.2 Å². The van der Waals surface area contributed by atoms with E-state index in [0.29, 0.717) is 30.7 Å². The number of benzene rings is 1. The molecule has 2 aromatic rings. The first kappa shape index (κ1) is 23.2. The summed E-state index contributed by atoms with van der Waals surface area (Å²) in [5.41, 5.74) is 1.41. The molecule has 0 radical (unpaired) electrons. The van der Waals surface area contributed by atoms with Crippen LogP contribution in [0.15, 0.2) is 53.7 Å². The zero-order chi connectivity index (χ0) is 22.3. The van der Waals surface area contributed by atoms with Crippen LogP contribution in [0.25, 0.3) is 0 Å². The van der Waals surface area contributed by atoms with E-state index >= 15 is 0 Å². The highest BCUT2D eigenvalue weighted by Crippen LogP contribution is 2.26. The van der Waals surface area contributed by atoms with E-state index < -0.39 is 10.0 Å². The van der Waals surface area contributed by atoms with E-state index in [0.717, 1.165) is 31.2 Å². The summed E-state index contributed by atoms with van der Waals surface area (Å²) in [6.45, 7) is 0.811. The molecule has 0 atom stereocenters. The molecule has 1 aromatic carbocycles. The zero-order valence-corrected chi connectivity index (χ0v) is 18.9. The SMILES string of the molecule is CN(C)C1CCC(CNS(=O)(=O)c2ccc(NC(=O)NCc3cccnc3)cc2)CC1. The molecule has 0 aliphatic heterocycles. The number of amides is 2. The Morgan fingerprint density at radius 3 is 2.42 bits per heavy atom. The summed E-state index contributed by atoms with van der Waals surface area (Å²) in [7, 11) is 0.611. The molecular weight excluding hydrogens is 414 g/mol. The van der Waals surface area contributed by atoms with Gasteiger partial charge in [0.05, 0.1) is 4.90 Å². The van der Waals surface area contributed by atoms with Crippen molar-refractivity contribution in [2.24, 2.45) is 5.92 Å². The van der Waals surface area contributed by atoms with Crippen molar-refractivity contribution in [2.75, 3.05) is 26.0 Å². The Morgan fingerprint density at radius 1 is 1.10 bits per heavy atom. The number of anilines is 1. The maximum Gasteiger partial charge on any atom is 0.319 e. The minimum absolute atomic E-state index is 0.191. The normalized spacial score (nSPS) is 19.2. The number of pyridine rings is 1. The molecule has 2 amide bonds. The standard InChI is InChI=1S/C22H31N5O3S/c1-27(2)20-9-5-17(6-10-20)16-25-31(29,30)21-11-7-19(8-12-21)26-22(28)24-15-18-4-3-13-23-14-18/h3-4,7-8,11-14,17,20,25H,5-6,9-10,15-16H2,1-2H3,(H2,24,26,28). The van der Waals surface area contributed by atoms with Gasteiger partial charge in [0, 0.05) is 37.2 Å². The molecule has 0 bridgehead atoms. The summed E-state index contributed by atoms with van der Waals surface area (Å²) in [5.74, 6) is 0.371. The van der Waals surface area contributed by atoms with Crippen molar-refractivity contribution in [1.82, 2.24) is 19.9 Å². The van der Waals surface area contributed by atoms with E-state index in [4.69, 9.17) is 0 Å². The second kappa shape index (κ2) is 10.7. The lowest BCUT2D eigenvalue weighted by atomic mass is 9.86. The average molecular weight is 446 g/mol. The maximum absolute atomic E-state index is 12.6. The molecule has 9 heteroatoms. The average Bonchev–Trinajstić information content (AvgIpc) is 2.78. The largest absolute Gasteiger partial charge is 0.334 e. The summed E-state index contributed by atoms with van der Waals surface area (Å²) < 4.78 is 28.0. The molecule has 1 aliphatic rings. The van der Waals surface area contributed by atoms with Crippen LogP contribution in [0.2, 0.25) is 0 Å². The van der Waals surface area contributed by atoms with Crippen LogP contribution >= 0.6 is 0 Å². The van der Waals surface area contributed by atoms with Gasteiger partial charge in [0.1, 0.15) is 0 Å². The molecule has 8 nitrogen and oxygen atoms in total. The monoisotopic (exact) mass is 445 g/mol. The number of carbonyl (C=O) groups is 1. The van der Waals surface area contributed by atoms with Crippen molar-refractivity contribution in [1.29, 1.82) is 0 Å². The molecule has 1 heterocycles. The second-order valence-electron chi connectivity index (χ2n) is 8.18. The van der Waals surface area contributed by atoms with Gasteiger partial charge in [-0.05, 0) is 81.6 Å². The maximum atomic E-state index is 12.6. The summed E-state index contributed by atoms with van der Waals surface area (Å²) in [6, 6.07) is 10.1. The van der Waals surface area contributed by atoms with Crippen LogP contribution < -0.4 is 15.4 Å². The van der Waals surface area contributed by atoms with E-state index in [9.17, 15) is 13.2 Å². The van der Waals surface area contributed by atoms with Crippen molar-refractivity contribution in [3.63, 3.8) is 0 Å². The number of sulfonamides is 1. The van der Waals surface area contributed by atoms with Gasteiger partial charge in [-0.15, -0.1) is 0 Å². The Kier molecular flexibility index (Phi) is 8.00. The van der Waals surface area contributed by atoms with E-state index in [-0.39, 0.29) is 10.9 Å². The topological polar surface area (TPSA) is 103 Å². The highest BCUT2D eigenvalue weighted by atomic mass is 32.2. The van der Waals surface area contributed by atoms with Gasteiger partial charge in [0.2, 0.25) is 10.0 Å². The van der Waals surface area contributed by atoms with Crippen LogP contribution in [0.5, 0.6) is 0 Å². The van der Waals surface area contributed by atoms with Gasteiger partial charge < -0.3 is 15.5 Å². The Balaban J connectivity index is 1.46. The predicted molar refractivity (Wildman–Crippen MR) is 121 cm³/mol. The fourth-order valence-corrected chi connectivity index (χ4v) is 4.87. The number of hydrogen-bond acceptors (Lipinski definition) is 5. The van der Waals surface area contributed by atoms with Crippen molar-refractivity contribution < 1.29 is 13.2 Å². The van der Waals surface area contributed by atoms with Crippen molar-refractivity contribution >= 4 is 21.7 Å². The summed E-state index contributed by atoms with van der Waals surface area (Å²) >= 11 is 0. The number of nitrogens with zero attached hydrogens (tertiary/aromatic N) is 2. The number of urea groups is 1. The van der Waals surface area contributed by atoms with E-state index in [1.165, 1.54) is 12.1 Å². The number of nitrogens with one attached hydrogen (secondary N) is 3. The molecule has 3 N–H and O–H groups in total. The molecule has 1 aromatic heterocycles.